The summed E-state index contributed by atoms with van der Waals surface area (Å²) in [5.74, 6) is 2.31. The standard InChI is InChI=1S/C18H20N6O2.C16H16N6O2/c1-12(2)15-16(24(25)26)17(23-11-10-19-13(23)3)21-18(20-15)22(4)14-8-6-5-7-9-14;1-11-14(22(23)24)15(21-10-9-17-12(21)2)19-16(18-11)20(3)13-7-5-4-6-8-13/h5-12H,1-4H3;4-10H,1-3H3. The van der Waals surface area contributed by atoms with Gasteiger partial charge in [-0.15, -0.1) is 0 Å². The average molecular weight is 677 g/mol. The Bertz CT molecular complexity index is 2130. The van der Waals surface area contributed by atoms with E-state index < -0.39 is 9.85 Å². The van der Waals surface area contributed by atoms with Crippen molar-refractivity contribution in [1.29, 1.82) is 0 Å². The Morgan fingerprint density at radius 1 is 0.640 bits per heavy atom. The Balaban J connectivity index is 0.000000195. The van der Waals surface area contributed by atoms with Crippen molar-refractivity contribution < 1.29 is 9.85 Å². The normalized spacial score (nSPS) is 10.8. The van der Waals surface area contributed by atoms with E-state index in [1.165, 1.54) is 0 Å². The number of hydrogen-bond donors (Lipinski definition) is 0. The summed E-state index contributed by atoms with van der Waals surface area (Å²) < 4.78 is 3.21. The Morgan fingerprint density at radius 3 is 1.44 bits per heavy atom. The first-order valence-electron chi connectivity index (χ1n) is 15.6. The first kappa shape index (κ1) is 34.7. The van der Waals surface area contributed by atoms with Gasteiger partial charge in [0.1, 0.15) is 23.0 Å². The number of para-hydroxylation sites is 2. The third-order valence-electron chi connectivity index (χ3n) is 7.82. The van der Waals surface area contributed by atoms with Gasteiger partial charge in [0.2, 0.25) is 23.5 Å². The molecule has 0 amide bonds. The minimum absolute atomic E-state index is 0.0914. The Kier molecular flexibility index (Phi) is 10.2. The lowest BCUT2D eigenvalue weighted by molar-refractivity contribution is -0.386. The predicted molar refractivity (Wildman–Crippen MR) is 189 cm³/mol. The fraction of sp³-hybridized carbons (Fsp3) is 0.235. The Morgan fingerprint density at radius 2 is 1.06 bits per heavy atom. The van der Waals surface area contributed by atoms with Crippen LogP contribution in [0.25, 0.3) is 11.6 Å². The van der Waals surface area contributed by atoms with Gasteiger partial charge in [0.15, 0.2) is 0 Å². The zero-order valence-corrected chi connectivity index (χ0v) is 28.7. The fourth-order valence-corrected chi connectivity index (χ4v) is 5.15. The molecular weight excluding hydrogens is 640 g/mol. The van der Waals surface area contributed by atoms with Crippen LogP contribution in [0.2, 0.25) is 0 Å². The number of aryl methyl sites for hydroxylation is 3. The molecule has 0 saturated carbocycles. The monoisotopic (exact) mass is 676 g/mol. The van der Waals surface area contributed by atoms with E-state index in [1.54, 1.807) is 59.6 Å². The molecular formula is C34H36N12O4. The molecule has 0 fully saturated rings. The lowest BCUT2D eigenvalue weighted by Gasteiger charge is -2.20. The van der Waals surface area contributed by atoms with Crippen LogP contribution in [-0.2, 0) is 0 Å². The highest BCUT2D eigenvalue weighted by atomic mass is 16.6. The molecule has 2 aromatic carbocycles. The Labute approximate surface area is 288 Å². The number of nitro groups is 2. The second kappa shape index (κ2) is 14.7. The van der Waals surface area contributed by atoms with Crippen LogP contribution in [0.15, 0.2) is 85.5 Å². The number of hydrogen-bond acceptors (Lipinski definition) is 12. The average Bonchev–Trinajstić information content (AvgIpc) is 3.74. The van der Waals surface area contributed by atoms with Crippen molar-refractivity contribution in [3.05, 3.63) is 129 Å². The summed E-state index contributed by atoms with van der Waals surface area (Å²) in [6, 6.07) is 19.2. The molecule has 0 unspecified atom stereocenters. The molecule has 6 aromatic rings. The minimum Gasteiger partial charge on any atom is -0.314 e. The van der Waals surface area contributed by atoms with E-state index >= 15 is 0 Å². The highest BCUT2D eigenvalue weighted by molar-refractivity contribution is 5.62. The van der Waals surface area contributed by atoms with Crippen molar-refractivity contribution in [3.63, 3.8) is 0 Å². The summed E-state index contributed by atoms with van der Waals surface area (Å²) in [5.41, 5.74) is 2.26. The van der Waals surface area contributed by atoms with Gasteiger partial charge in [0.05, 0.1) is 9.85 Å². The molecule has 50 heavy (non-hydrogen) atoms. The molecule has 0 aliphatic rings. The van der Waals surface area contributed by atoms with Gasteiger partial charge in [-0.05, 0) is 45.0 Å². The smallest absolute Gasteiger partial charge is 0.314 e. The SMILES string of the molecule is Cc1nc(N(C)c2ccccc2)nc(-n2ccnc2C)c1[N+](=O)[O-].Cc1nccn1-c1nc(N(C)c2ccccc2)nc(C(C)C)c1[N+](=O)[O-]. The predicted octanol–water partition coefficient (Wildman–Crippen LogP) is 6.73. The van der Waals surface area contributed by atoms with E-state index in [0.29, 0.717) is 34.9 Å². The first-order valence-corrected chi connectivity index (χ1v) is 15.6. The van der Waals surface area contributed by atoms with E-state index in [2.05, 4.69) is 29.9 Å². The van der Waals surface area contributed by atoms with Crippen LogP contribution >= 0.6 is 0 Å². The van der Waals surface area contributed by atoms with Gasteiger partial charge in [0, 0.05) is 56.2 Å². The second-order valence-electron chi connectivity index (χ2n) is 11.5. The number of benzene rings is 2. The molecule has 0 N–H and O–H groups in total. The van der Waals surface area contributed by atoms with Crippen molar-refractivity contribution in [3.8, 4) is 11.6 Å². The lowest BCUT2D eigenvalue weighted by atomic mass is 10.1. The van der Waals surface area contributed by atoms with Crippen LogP contribution in [0.4, 0.5) is 34.6 Å². The third-order valence-corrected chi connectivity index (χ3v) is 7.82. The maximum absolute atomic E-state index is 11.8. The van der Waals surface area contributed by atoms with Gasteiger partial charge >= 0.3 is 11.4 Å². The molecule has 4 heterocycles. The summed E-state index contributed by atoms with van der Waals surface area (Å²) >= 11 is 0. The molecule has 0 aliphatic heterocycles. The number of anilines is 4. The van der Waals surface area contributed by atoms with Crippen molar-refractivity contribution in [2.75, 3.05) is 23.9 Å². The molecule has 0 bridgehead atoms. The summed E-state index contributed by atoms with van der Waals surface area (Å²) in [5, 5.41) is 23.3. The van der Waals surface area contributed by atoms with Crippen LogP contribution in [0.5, 0.6) is 0 Å². The highest BCUT2D eigenvalue weighted by Gasteiger charge is 2.30. The summed E-state index contributed by atoms with van der Waals surface area (Å²) in [7, 11) is 3.66. The van der Waals surface area contributed by atoms with Gasteiger partial charge in [-0.25, -0.2) is 19.9 Å². The zero-order chi connectivity index (χ0) is 36.1. The van der Waals surface area contributed by atoms with Gasteiger partial charge in [0.25, 0.3) is 0 Å². The maximum atomic E-state index is 11.8. The summed E-state index contributed by atoms with van der Waals surface area (Å²) in [6.45, 7) is 8.92. The number of aromatic nitrogens is 8. The van der Waals surface area contributed by atoms with Crippen LogP contribution in [0, 0.1) is 41.0 Å². The highest BCUT2D eigenvalue weighted by Crippen LogP contribution is 2.34. The van der Waals surface area contributed by atoms with Crippen molar-refractivity contribution in [2.45, 2.75) is 40.5 Å². The fourth-order valence-electron chi connectivity index (χ4n) is 5.15. The van der Waals surface area contributed by atoms with Crippen LogP contribution in [-0.4, -0.2) is 63.0 Å². The van der Waals surface area contributed by atoms with Crippen molar-refractivity contribution >= 4 is 34.6 Å². The van der Waals surface area contributed by atoms with Crippen LogP contribution in [0.1, 0.15) is 42.8 Å². The second-order valence-corrected chi connectivity index (χ2v) is 11.5. The molecule has 16 nitrogen and oxygen atoms in total. The third kappa shape index (κ3) is 7.13. The van der Waals surface area contributed by atoms with E-state index in [-0.39, 0.29) is 28.9 Å². The molecule has 6 rings (SSSR count). The molecule has 256 valence electrons. The topological polar surface area (TPSA) is 180 Å². The molecule has 0 aliphatic carbocycles. The van der Waals surface area contributed by atoms with Gasteiger partial charge in [-0.3, -0.25) is 29.4 Å². The minimum atomic E-state index is -0.462. The zero-order valence-electron chi connectivity index (χ0n) is 28.7. The summed E-state index contributed by atoms with van der Waals surface area (Å²) in [6.07, 6.45) is 6.49. The van der Waals surface area contributed by atoms with Gasteiger partial charge in [-0.2, -0.15) is 9.97 Å². The largest absolute Gasteiger partial charge is 0.334 e. The van der Waals surface area contributed by atoms with Crippen molar-refractivity contribution in [2.24, 2.45) is 0 Å². The lowest BCUT2D eigenvalue weighted by Crippen LogP contribution is -2.18. The van der Waals surface area contributed by atoms with E-state index in [9.17, 15) is 20.2 Å². The van der Waals surface area contributed by atoms with Crippen molar-refractivity contribution in [1.82, 2.24) is 39.0 Å². The molecule has 4 aromatic heterocycles. The number of imidazole rings is 2. The summed E-state index contributed by atoms with van der Waals surface area (Å²) in [4.78, 5) is 52.0. The van der Waals surface area contributed by atoms with Gasteiger partial charge < -0.3 is 9.80 Å². The first-order chi connectivity index (χ1) is 23.9. The molecule has 0 radical (unpaired) electrons. The van der Waals surface area contributed by atoms with E-state index in [0.717, 1.165) is 11.4 Å². The molecule has 0 saturated heterocycles. The Hall–Kier alpha value is -6.58. The molecule has 0 atom stereocenters. The van der Waals surface area contributed by atoms with Gasteiger partial charge in [-0.1, -0.05) is 50.2 Å². The van der Waals surface area contributed by atoms with Crippen LogP contribution < -0.4 is 9.80 Å². The maximum Gasteiger partial charge on any atom is 0.334 e. The number of rotatable bonds is 9. The number of nitrogens with zero attached hydrogens (tertiary/aromatic N) is 12. The van der Waals surface area contributed by atoms with E-state index in [1.807, 2.05) is 93.5 Å². The van der Waals surface area contributed by atoms with E-state index in [4.69, 9.17) is 0 Å². The van der Waals surface area contributed by atoms with Crippen LogP contribution in [0.3, 0.4) is 0 Å². The quantitative estimate of drug-likeness (QED) is 0.117. The molecule has 0 spiro atoms. The molecule has 16 heteroatoms.